The number of rotatable bonds is 3. The standard InChI is InChI=1S/C16H12FN3O2/c1-10-4-2-5-11(8-10)15-14(16(21)22)18-19-20(15)13-7-3-6-12(17)9-13/h2-9H,1H3,(H,21,22). The van der Waals surface area contributed by atoms with Crippen LogP contribution in [0.2, 0.25) is 0 Å². The lowest BCUT2D eigenvalue weighted by Gasteiger charge is -2.08. The predicted molar refractivity (Wildman–Crippen MR) is 78.4 cm³/mol. The van der Waals surface area contributed by atoms with Gasteiger partial charge in [0, 0.05) is 5.56 Å². The Morgan fingerprint density at radius 2 is 1.95 bits per heavy atom. The van der Waals surface area contributed by atoms with Crippen molar-refractivity contribution >= 4 is 5.97 Å². The topological polar surface area (TPSA) is 68.0 Å². The molecule has 0 bridgehead atoms. The number of aromatic nitrogens is 3. The fraction of sp³-hybridized carbons (Fsp3) is 0.0625. The van der Waals surface area contributed by atoms with Gasteiger partial charge in [0.25, 0.3) is 0 Å². The molecule has 0 amide bonds. The summed E-state index contributed by atoms with van der Waals surface area (Å²) >= 11 is 0. The number of carboxylic acids is 1. The van der Waals surface area contributed by atoms with Gasteiger partial charge < -0.3 is 5.11 Å². The molecule has 0 atom stereocenters. The Bertz CT molecular complexity index is 858. The zero-order chi connectivity index (χ0) is 15.7. The van der Waals surface area contributed by atoms with Crippen molar-refractivity contribution in [2.45, 2.75) is 6.92 Å². The number of carboxylic acid groups (broad SMARTS) is 1. The molecule has 1 aromatic heterocycles. The highest BCUT2D eigenvalue weighted by Crippen LogP contribution is 2.26. The van der Waals surface area contributed by atoms with Crippen molar-refractivity contribution in [3.05, 3.63) is 65.6 Å². The summed E-state index contributed by atoms with van der Waals surface area (Å²) in [6.45, 7) is 1.90. The molecule has 0 spiro atoms. The molecule has 5 nitrogen and oxygen atoms in total. The van der Waals surface area contributed by atoms with Gasteiger partial charge in [0.1, 0.15) is 11.5 Å². The smallest absolute Gasteiger partial charge is 0.358 e. The summed E-state index contributed by atoms with van der Waals surface area (Å²) in [6, 6.07) is 13.1. The third-order valence-corrected chi connectivity index (χ3v) is 3.22. The monoisotopic (exact) mass is 297 g/mol. The summed E-state index contributed by atoms with van der Waals surface area (Å²) in [6.07, 6.45) is 0. The molecular formula is C16H12FN3O2. The third-order valence-electron chi connectivity index (χ3n) is 3.22. The number of aryl methyl sites for hydroxylation is 1. The molecule has 110 valence electrons. The molecule has 1 N–H and O–H groups in total. The summed E-state index contributed by atoms with van der Waals surface area (Å²) in [5.74, 6) is -1.61. The van der Waals surface area contributed by atoms with Crippen LogP contribution in [0.15, 0.2) is 48.5 Å². The molecule has 0 aliphatic rings. The van der Waals surface area contributed by atoms with E-state index in [-0.39, 0.29) is 5.69 Å². The summed E-state index contributed by atoms with van der Waals surface area (Å²) in [5.41, 5.74) is 2.20. The molecule has 0 saturated carbocycles. The molecule has 0 saturated heterocycles. The first-order chi connectivity index (χ1) is 10.6. The second kappa shape index (κ2) is 5.40. The van der Waals surface area contributed by atoms with E-state index >= 15 is 0 Å². The van der Waals surface area contributed by atoms with E-state index in [9.17, 15) is 14.3 Å². The van der Waals surface area contributed by atoms with Crippen molar-refractivity contribution in [3.63, 3.8) is 0 Å². The van der Waals surface area contributed by atoms with Gasteiger partial charge >= 0.3 is 5.97 Å². The van der Waals surface area contributed by atoms with Gasteiger partial charge in [-0.2, -0.15) is 0 Å². The van der Waals surface area contributed by atoms with Crippen LogP contribution in [-0.4, -0.2) is 26.1 Å². The lowest BCUT2D eigenvalue weighted by atomic mass is 10.1. The fourth-order valence-corrected chi connectivity index (χ4v) is 2.27. The van der Waals surface area contributed by atoms with Crippen molar-refractivity contribution in [1.29, 1.82) is 0 Å². The van der Waals surface area contributed by atoms with Crippen LogP contribution in [0.5, 0.6) is 0 Å². The SMILES string of the molecule is Cc1cccc(-c2c(C(=O)O)nnn2-c2cccc(F)c2)c1. The number of hydrogen-bond acceptors (Lipinski definition) is 3. The van der Waals surface area contributed by atoms with Crippen molar-refractivity contribution in [3.8, 4) is 16.9 Å². The van der Waals surface area contributed by atoms with Gasteiger partial charge in [-0.1, -0.05) is 35.0 Å². The molecule has 0 unspecified atom stereocenters. The molecular weight excluding hydrogens is 285 g/mol. The molecule has 0 aliphatic heterocycles. The normalized spacial score (nSPS) is 10.6. The Morgan fingerprint density at radius 1 is 1.18 bits per heavy atom. The first kappa shape index (κ1) is 13.9. The van der Waals surface area contributed by atoms with E-state index in [4.69, 9.17) is 0 Å². The van der Waals surface area contributed by atoms with Crippen molar-refractivity contribution < 1.29 is 14.3 Å². The molecule has 0 fully saturated rings. The Labute approximate surface area is 125 Å². The van der Waals surface area contributed by atoms with E-state index in [2.05, 4.69) is 10.3 Å². The van der Waals surface area contributed by atoms with Crippen LogP contribution in [-0.2, 0) is 0 Å². The molecule has 2 aromatic carbocycles. The van der Waals surface area contributed by atoms with E-state index in [1.807, 2.05) is 25.1 Å². The van der Waals surface area contributed by atoms with Crippen LogP contribution in [0.4, 0.5) is 4.39 Å². The van der Waals surface area contributed by atoms with Gasteiger partial charge in [0.15, 0.2) is 5.69 Å². The number of benzene rings is 2. The van der Waals surface area contributed by atoms with Crippen LogP contribution >= 0.6 is 0 Å². The second-order valence-electron chi connectivity index (χ2n) is 4.85. The van der Waals surface area contributed by atoms with Gasteiger partial charge in [0.2, 0.25) is 0 Å². The first-order valence-electron chi connectivity index (χ1n) is 6.58. The Kier molecular flexibility index (Phi) is 3.42. The molecule has 6 heteroatoms. The number of nitrogens with zero attached hydrogens (tertiary/aromatic N) is 3. The minimum atomic E-state index is -1.18. The number of hydrogen-bond donors (Lipinski definition) is 1. The van der Waals surface area contributed by atoms with Crippen LogP contribution in [0.1, 0.15) is 16.1 Å². The molecule has 3 rings (SSSR count). The van der Waals surface area contributed by atoms with E-state index < -0.39 is 11.8 Å². The molecule has 0 radical (unpaired) electrons. The molecule has 1 heterocycles. The zero-order valence-corrected chi connectivity index (χ0v) is 11.7. The average molecular weight is 297 g/mol. The van der Waals surface area contributed by atoms with Gasteiger partial charge in [-0.25, -0.2) is 13.9 Å². The zero-order valence-electron chi connectivity index (χ0n) is 11.7. The van der Waals surface area contributed by atoms with Gasteiger partial charge in [-0.05, 0) is 31.2 Å². The van der Waals surface area contributed by atoms with Crippen molar-refractivity contribution in [2.24, 2.45) is 0 Å². The molecule has 3 aromatic rings. The quantitative estimate of drug-likeness (QED) is 0.806. The number of carbonyl (C=O) groups is 1. The maximum Gasteiger partial charge on any atom is 0.358 e. The van der Waals surface area contributed by atoms with Crippen LogP contribution in [0, 0.1) is 12.7 Å². The maximum absolute atomic E-state index is 13.4. The molecule has 22 heavy (non-hydrogen) atoms. The summed E-state index contributed by atoms with van der Waals surface area (Å²) < 4.78 is 14.8. The Hall–Kier alpha value is -3.02. The summed E-state index contributed by atoms with van der Waals surface area (Å²) in [4.78, 5) is 11.4. The van der Waals surface area contributed by atoms with E-state index in [0.717, 1.165) is 5.56 Å². The van der Waals surface area contributed by atoms with Crippen LogP contribution in [0.3, 0.4) is 0 Å². The lowest BCUT2D eigenvalue weighted by Crippen LogP contribution is -2.03. The van der Waals surface area contributed by atoms with E-state index in [1.54, 1.807) is 12.1 Å². The van der Waals surface area contributed by atoms with Gasteiger partial charge in [-0.3, -0.25) is 0 Å². The summed E-state index contributed by atoms with van der Waals surface area (Å²) in [5, 5.41) is 16.9. The van der Waals surface area contributed by atoms with Crippen molar-refractivity contribution in [2.75, 3.05) is 0 Å². The minimum Gasteiger partial charge on any atom is -0.476 e. The number of aromatic carboxylic acids is 1. The van der Waals surface area contributed by atoms with E-state index in [1.165, 1.54) is 22.9 Å². The minimum absolute atomic E-state index is 0.171. The highest BCUT2D eigenvalue weighted by Gasteiger charge is 2.21. The third kappa shape index (κ3) is 2.46. The lowest BCUT2D eigenvalue weighted by molar-refractivity contribution is 0.0691. The maximum atomic E-state index is 13.4. The van der Waals surface area contributed by atoms with Crippen LogP contribution < -0.4 is 0 Å². The predicted octanol–water partition coefficient (Wildman–Crippen LogP) is 3.08. The highest BCUT2D eigenvalue weighted by atomic mass is 19.1. The first-order valence-corrected chi connectivity index (χ1v) is 6.58. The summed E-state index contributed by atoms with van der Waals surface area (Å²) in [7, 11) is 0. The molecule has 0 aliphatic carbocycles. The Balaban J connectivity index is 2.26. The average Bonchev–Trinajstić information content (AvgIpc) is 2.92. The Morgan fingerprint density at radius 3 is 2.64 bits per heavy atom. The van der Waals surface area contributed by atoms with Gasteiger partial charge in [-0.15, -0.1) is 5.10 Å². The second-order valence-corrected chi connectivity index (χ2v) is 4.85. The van der Waals surface area contributed by atoms with Gasteiger partial charge in [0.05, 0.1) is 5.69 Å². The fourth-order valence-electron chi connectivity index (χ4n) is 2.27. The van der Waals surface area contributed by atoms with E-state index in [0.29, 0.717) is 16.9 Å². The largest absolute Gasteiger partial charge is 0.476 e. The highest BCUT2D eigenvalue weighted by molar-refractivity contribution is 5.93. The van der Waals surface area contributed by atoms with Crippen LogP contribution in [0.25, 0.3) is 16.9 Å². The van der Waals surface area contributed by atoms with Crippen molar-refractivity contribution in [1.82, 2.24) is 15.0 Å². The number of halogens is 1.